The first-order valence-corrected chi connectivity index (χ1v) is 6.83. The van der Waals surface area contributed by atoms with Gasteiger partial charge in [0.15, 0.2) is 6.10 Å². The molecule has 0 amide bonds. The maximum absolute atomic E-state index is 11.2. The summed E-state index contributed by atoms with van der Waals surface area (Å²) in [6.07, 6.45) is -1.28. The van der Waals surface area contributed by atoms with Crippen LogP contribution in [-0.4, -0.2) is 19.3 Å². The number of halogens is 3. The van der Waals surface area contributed by atoms with Crippen LogP contribution >= 0.6 is 34.8 Å². The quantitative estimate of drug-likeness (QED) is 0.801. The van der Waals surface area contributed by atoms with E-state index in [-0.39, 0.29) is 0 Å². The molecular weight excluding hydrogens is 311 g/mol. The number of benzene rings is 1. The second-order valence-corrected chi connectivity index (χ2v) is 6.71. The van der Waals surface area contributed by atoms with E-state index in [9.17, 15) is 8.42 Å². The number of hydrogen-bond acceptors (Lipinski definition) is 4. The Bertz CT molecular complexity index is 455. The summed E-state index contributed by atoms with van der Waals surface area (Å²) in [5.41, 5.74) is 0.410. The van der Waals surface area contributed by atoms with Crippen molar-refractivity contribution < 1.29 is 16.8 Å². The van der Waals surface area contributed by atoms with Gasteiger partial charge in [-0.3, -0.25) is 4.18 Å². The molecule has 1 aromatic carbocycles. The van der Waals surface area contributed by atoms with Gasteiger partial charge in [0, 0.05) is 0 Å². The van der Waals surface area contributed by atoms with Gasteiger partial charge in [-0.15, -0.1) is 0 Å². The molecule has 0 spiro atoms. The van der Waals surface area contributed by atoms with Crippen LogP contribution < -0.4 is 0 Å². The third-order valence-electron chi connectivity index (χ3n) is 1.82. The molecule has 0 saturated carbocycles. The monoisotopic (exact) mass is 318 g/mol. The molecule has 0 fully saturated rings. The molecule has 0 radical (unpaired) electrons. The lowest BCUT2D eigenvalue weighted by atomic mass is 10.1. The van der Waals surface area contributed by atoms with Crippen molar-refractivity contribution in [2.75, 3.05) is 7.11 Å². The van der Waals surface area contributed by atoms with E-state index in [1.54, 1.807) is 30.3 Å². The smallest absolute Gasteiger partial charge is 0.252 e. The van der Waals surface area contributed by atoms with Gasteiger partial charge >= 0.3 is 10.4 Å². The molecule has 0 bridgehead atoms. The minimum Gasteiger partial charge on any atom is -0.252 e. The lowest BCUT2D eigenvalue weighted by molar-refractivity contribution is 0.174. The van der Waals surface area contributed by atoms with Crippen LogP contribution in [0, 0.1) is 0 Å². The Morgan fingerprint density at radius 2 is 1.71 bits per heavy atom. The molecular formula is C9H9Cl3O4S. The van der Waals surface area contributed by atoms with Crippen LogP contribution in [0.5, 0.6) is 0 Å². The van der Waals surface area contributed by atoms with Crippen LogP contribution in [0.1, 0.15) is 11.7 Å². The summed E-state index contributed by atoms with van der Waals surface area (Å²) in [5, 5.41) is 0. The summed E-state index contributed by atoms with van der Waals surface area (Å²) in [5.74, 6) is 0. The first-order chi connectivity index (χ1) is 7.76. The molecule has 1 rings (SSSR count). The van der Waals surface area contributed by atoms with Gasteiger partial charge in [0.05, 0.1) is 7.11 Å². The normalized spacial score (nSPS) is 14.6. The van der Waals surface area contributed by atoms with Crippen molar-refractivity contribution >= 4 is 45.2 Å². The maximum atomic E-state index is 11.2. The van der Waals surface area contributed by atoms with Gasteiger partial charge in [0.2, 0.25) is 3.79 Å². The molecule has 1 aromatic rings. The molecule has 0 aromatic heterocycles. The number of rotatable bonds is 4. The van der Waals surface area contributed by atoms with Crippen molar-refractivity contribution in [1.29, 1.82) is 0 Å². The highest BCUT2D eigenvalue weighted by atomic mass is 35.6. The molecule has 8 heteroatoms. The summed E-state index contributed by atoms with van der Waals surface area (Å²) in [6, 6.07) is 8.24. The van der Waals surface area contributed by atoms with Crippen molar-refractivity contribution in [3.63, 3.8) is 0 Å². The van der Waals surface area contributed by atoms with E-state index in [4.69, 9.17) is 39.0 Å². The predicted molar refractivity (Wildman–Crippen MR) is 66.5 cm³/mol. The van der Waals surface area contributed by atoms with Gasteiger partial charge in [0.25, 0.3) is 0 Å². The Balaban J connectivity index is 3.07. The second-order valence-electron chi connectivity index (χ2n) is 3.00. The fourth-order valence-corrected chi connectivity index (χ4v) is 2.32. The Morgan fingerprint density at radius 3 is 2.12 bits per heavy atom. The standard InChI is InChI=1S/C9H9Cl3O4S/c1-15-17(13,14)16-8(9(10,11)12)7-5-3-2-4-6-7/h2-6,8H,1H3. The van der Waals surface area contributed by atoms with Gasteiger partial charge in [-0.2, -0.15) is 8.42 Å². The van der Waals surface area contributed by atoms with Crippen molar-refractivity contribution in [3.8, 4) is 0 Å². The summed E-state index contributed by atoms with van der Waals surface area (Å²) in [7, 11) is -3.25. The third kappa shape index (κ3) is 4.62. The van der Waals surface area contributed by atoms with Crippen LogP contribution in [0.3, 0.4) is 0 Å². The summed E-state index contributed by atoms with van der Waals surface area (Å²) < 4.78 is 29.3. The zero-order chi connectivity index (χ0) is 13.1. The van der Waals surface area contributed by atoms with Crippen LogP contribution in [-0.2, 0) is 18.8 Å². The fourth-order valence-electron chi connectivity index (χ4n) is 1.08. The Morgan fingerprint density at radius 1 is 1.18 bits per heavy atom. The van der Waals surface area contributed by atoms with E-state index in [0.29, 0.717) is 5.56 Å². The van der Waals surface area contributed by atoms with E-state index < -0.39 is 20.3 Å². The average Bonchev–Trinajstić information content (AvgIpc) is 2.26. The molecule has 0 aliphatic carbocycles. The van der Waals surface area contributed by atoms with Gasteiger partial charge in [0.1, 0.15) is 0 Å². The minimum atomic E-state index is -4.20. The van der Waals surface area contributed by atoms with Crippen molar-refractivity contribution in [2.45, 2.75) is 9.90 Å². The highest BCUT2D eigenvalue weighted by Crippen LogP contribution is 2.43. The van der Waals surface area contributed by atoms with Gasteiger partial charge in [-0.25, -0.2) is 4.18 Å². The van der Waals surface area contributed by atoms with Gasteiger partial charge < -0.3 is 0 Å². The molecule has 0 N–H and O–H groups in total. The van der Waals surface area contributed by atoms with E-state index in [2.05, 4.69) is 4.18 Å². The molecule has 0 aliphatic rings. The van der Waals surface area contributed by atoms with E-state index in [1.165, 1.54) is 0 Å². The van der Waals surface area contributed by atoms with Gasteiger partial charge in [-0.1, -0.05) is 65.1 Å². The molecule has 4 nitrogen and oxygen atoms in total. The fraction of sp³-hybridized carbons (Fsp3) is 0.333. The van der Waals surface area contributed by atoms with Crippen LogP contribution in [0.2, 0.25) is 0 Å². The second kappa shape index (κ2) is 5.73. The molecule has 1 atom stereocenters. The molecule has 0 aliphatic heterocycles. The average molecular weight is 320 g/mol. The Labute approximate surface area is 115 Å². The van der Waals surface area contributed by atoms with E-state index in [1.807, 2.05) is 0 Å². The zero-order valence-corrected chi connectivity index (χ0v) is 11.7. The molecule has 0 saturated heterocycles. The largest absolute Gasteiger partial charge is 0.400 e. The lowest BCUT2D eigenvalue weighted by Gasteiger charge is -2.23. The van der Waals surface area contributed by atoms with E-state index >= 15 is 0 Å². The SMILES string of the molecule is COS(=O)(=O)OC(c1ccccc1)C(Cl)(Cl)Cl. The number of alkyl halides is 3. The molecule has 0 heterocycles. The maximum Gasteiger partial charge on any atom is 0.400 e. The Kier molecular flexibility index (Phi) is 5.07. The topological polar surface area (TPSA) is 52.6 Å². The highest BCUT2D eigenvalue weighted by molar-refractivity contribution is 7.81. The van der Waals surface area contributed by atoms with Gasteiger partial charge in [-0.05, 0) is 5.56 Å². The molecule has 17 heavy (non-hydrogen) atoms. The summed E-state index contributed by atoms with van der Waals surface area (Å²) in [6.45, 7) is 0. The third-order valence-corrected chi connectivity index (χ3v) is 3.25. The lowest BCUT2D eigenvalue weighted by Crippen LogP contribution is -2.24. The van der Waals surface area contributed by atoms with Crippen LogP contribution in [0.25, 0.3) is 0 Å². The summed E-state index contributed by atoms with van der Waals surface area (Å²) >= 11 is 17.0. The van der Waals surface area contributed by atoms with E-state index in [0.717, 1.165) is 7.11 Å². The van der Waals surface area contributed by atoms with Crippen LogP contribution in [0.4, 0.5) is 0 Å². The van der Waals surface area contributed by atoms with Crippen molar-refractivity contribution in [3.05, 3.63) is 35.9 Å². The van der Waals surface area contributed by atoms with Crippen LogP contribution in [0.15, 0.2) is 30.3 Å². The van der Waals surface area contributed by atoms with Crippen molar-refractivity contribution in [1.82, 2.24) is 0 Å². The minimum absolute atomic E-state index is 0.410. The molecule has 96 valence electrons. The predicted octanol–water partition coefficient (Wildman–Crippen LogP) is 3.01. The zero-order valence-electron chi connectivity index (χ0n) is 8.64. The first kappa shape index (κ1) is 15.0. The highest BCUT2D eigenvalue weighted by Gasteiger charge is 2.38. The Hall–Kier alpha value is -0.0400. The summed E-state index contributed by atoms with van der Waals surface area (Å²) in [4.78, 5) is 0. The number of hydrogen-bond donors (Lipinski definition) is 0. The van der Waals surface area contributed by atoms with Crippen molar-refractivity contribution in [2.24, 2.45) is 0 Å². The molecule has 1 unspecified atom stereocenters. The first-order valence-electron chi connectivity index (χ1n) is 4.37.